The molecule has 2 atom stereocenters. The van der Waals surface area contributed by atoms with Crippen LogP contribution in [0.4, 0.5) is 0 Å². The number of nitrogens with one attached hydrogen (secondary N) is 1. The van der Waals surface area contributed by atoms with Gasteiger partial charge in [0.15, 0.2) is 5.96 Å². The molecule has 128 valence electrons. The molecule has 0 aliphatic carbocycles. The quantitative estimate of drug-likeness (QED) is 0.661. The van der Waals surface area contributed by atoms with Crippen LogP contribution in [0.2, 0.25) is 0 Å². The van der Waals surface area contributed by atoms with Crippen LogP contribution in [-0.4, -0.2) is 60.0 Å². The Kier molecular flexibility index (Phi) is 5.20. The molecule has 2 unspecified atom stereocenters. The maximum Gasteiger partial charge on any atom is 0.193 e. The van der Waals surface area contributed by atoms with Crippen LogP contribution in [0.3, 0.4) is 0 Å². The van der Waals surface area contributed by atoms with E-state index in [1.54, 1.807) is 0 Å². The fourth-order valence-corrected chi connectivity index (χ4v) is 3.54. The van der Waals surface area contributed by atoms with Crippen LogP contribution in [0, 0.1) is 11.3 Å². The second kappa shape index (κ2) is 7.34. The Morgan fingerprint density at radius 3 is 3.09 bits per heavy atom. The molecule has 6 heteroatoms. The maximum absolute atomic E-state index is 5.63. The van der Waals surface area contributed by atoms with E-state index in [0.717, 1.165) is 51.9 Å². The molecule has 1 N–H and O–H groups in total. The van der Waals surface area contributed by atoms with E-state index in [9.17, 15) is 0 Å². The number of rotatable bonds is 5. The number of ether oxygens (including phenoxy) is 1. The molecule has 3 heterocycles. The Labute approximate surface area is 138 Å². The van der Waals surface area contributed by atoms with Gasteiger partial charge in [0.05, 0.1) is 6.61 Å². The summed E-state index contributed by atoms with van der Waals surface area (Å²) in [5, 5.41) is 7.73. The lowest BCUT2D eigenvalue weighted by Gasteiger charge is -2.25. The van der Waals surface area contributed by atoms with Gasteiger partial charge in [-0.25, -0.2) is 0 Å². The first-order valence-corrected chi connectivity index (χ1v) is 8.79. The summed E-state index contributed by atoms with van der Waals surface area (Å²) in [4.78, 5) is 7.30. The number of likely N-dealkylation sites (tertiary alicyclic amines) is 1. The zero-order valence-corrected chi connectivity index (χ0v) is 14.4. The van der Waals surface area contributed by atoms with Crippen molar-refractivity contribution in [1.82, 2.24) is 20.0 Å². The van der Waals surface area contributed by atoms with E-state index in [1.807, 2.05) is 23.1 Å². The van der Waals surface area contributed by atoms with Crippen molar-refractivity contribution in [1.29, 1.82) is 0 Å². The second-order valence-corrected chi connectivity index (χ2v) is 7.00. The molecule has 0 saturated carbocycles. The Morgan fingerprint density at radius 1 is 1.48 bits per heavy atom. The van der Waals surface area contributed by atoms with Crippen molar-refractivity contribution in [3.8, 4) is 0 Å². The lowest BCUT2D eigenvalue weighted by atomic mass is 9.87. The SMILES string of the molecule is CCNC(=NCC(C)Cn1cccn1)N1CCC2(CCOC2)C1. The first-order chi connectivity index (χ1) is 11.2. The van der Waals surface area contributed by atoms with Crippen molar-refractivity contribution in [3.63, 3.8) is 0 Å². The van der Waals surface area contributed by atoms with E-state index in [4.69, 9.17) is 9.73 Å². The summed E-state index contributed by atoms with van der Waals surface area (Å²) in [5.41, 5.74) is 0.372. The molecule has 0 bridgehead atoms. The first-order valence-electron chi connectivity index (χ1n) is 8.79. The van der Waals surface area contributed by atoms with Crippen molar-refractivity contribution in [2.24, 2.45) is 16.3 Å². The number of guanidine groups is 1. The third-order valence-corrected chi connectivity index (χ3v) is 4.87. The van der Waals surface area contributed by atoms with Gasteiger partial charge in [0.2, 0.25) is 0 Å². The molecule has 1 aromatic rings. The van der Waals surface area contributed by atoms with Gasteiger partial charge in [0.25, 0.3) is 0 Å². The third-order valence-electron chi connectivity index (χ3n) is 4.87. The van der Waals surface area contributed by atoms with Gasteiger partial charge in [-0.2, -0.15) is 5.10 Å². The number of aliphatic imine (C=N–C) groups is 1. The Morgan fingerprint density at radius 2 is 2.39 bits per heavy atom. The third kappa shape index (κ3) is 4.05. The predicted octanol–water partition coefficient (Wildman–Crippen LogP) is 1.60. The van der Waals surface area contributed by atoms with Gasteiger partial charge in [0, 0.05) is 57.1 Å². The summed E-state index contributed by atoms with van der Waals surface area (Å²) in [7, 11) is 0. The van der Waals surface area contributed by atoms with Gasteiger partial charge in [-0.1, -0.05) is 6.92 Å². The topological polar surface area (TPSA) is 54.7 Å². The summed E-state index contributed by atoms with van der Waals surface area (Å²) in [6.07, 6.45) is 6.25. The molecule has 23 heavy (non-hydrogen) atoms. The standard InChI is InChI=1S/C17H29N5O/c1-3-18-16(19-11-15(2)12-22-8-4-7-20-22)21-9-5-17(13-21)6-10-23-14-17/h4,7-8,15H,3,5-6,9-14H2,1-2H3,(H,18,19). The smallest absolute Gasteiger partial charge is 0.193 e. The summed E-state index contributed by atoms with van der Waals surface area (Å²) >= 11 is 0. The first kappa shape index (κ1) is 16.3. The molecule has 0 amide bonds. The number of nitrogens with zero attached hydrogens (tertiary/aromatic N) is 4. The predicted molar refractivity (Wildman–Crippen MR) is 91.4 cm³/mol. The van der Waals surface area contributed by atoms with Crippen LogP contribution in [-0.2, 0) is 11.3 Å². The molecule has 0 radical (unpaired) electrons. The minimum Gasteiger partial charge on any atom is -0.381 e. The van der Waals surface area contributed by atoms with Gasteiger partial charge in [-0.3, -0.25) is 9.67 Å². The van der Waals surface area contributed by atoms with Crippen molar-refractivity contribution in [2.45, 2.75) is 33.2 Å². The van der Waals surface area contributed by atoms with Gasteiger partial charge in [-0.05, 0) is 31.7 Å². The van der Waals surface area contributed by atoms with Gasteiger partial charge < -0.3 is 15.0 Å². The Balaban J connectivity index is 1.57. The van der Waals surface area contributed by atoms with E-state index < -0.39 is 0 Å². The lowest BCUT2D eigenvalue weighted by Crippen LogP contribution is -2.41. The molecule has 2 aliphatic rings. The van der Waals surface area contributed by atoms with Crippen LogP contribution in [0.15, 0.2) is 23.5 Å². The molecule has 2 fully saturated rings. The van der Waals surface area contributed by atoms with E-state index >= 15 is 0 Å². The van der Waals surface area contributed by atoms with Gasteiger partial charge in [0.1, 0.15) is 0 Å². The van der Waals surface area contributed by atoms with E-state index in [-0.39, 0.29) is 0 Å². The molecule has 6 nitrogen and oxygen atoms in total. The van der Waals surface area contributed by atoms with Crippen LogP contribution in [0.5, 0.6) is 0 Å². The Hall–Kier alpha value is -1.56. The minimum atomic E-state index is 0.372. The normalized spacial score (nSPS) is 26.2. The van der Waals surface area contributed by atoms with Crippen molar-refractivity contribution >= 4 is 5.96 Å². The summed E-state index contributed by atoms with van der Waals surface area (Å²) in [6, 6.07) is 1.97. The highest BCUT2D eigenvalue weighted by Crippen LogP contribution is 2.38. The highest BCUT2D eigenvalue weighted by Gasteiger charge is 2.42. The molecular formula is C17H29N5O. The molecule has 2 saturated heterocycles. The van der Waals surface area contributed by atoms with Crippen molar-refractivity contribution < 1.29 is 4.74 Å². The minimum absolute atomic E-state index is 0.372. The number of aromatic nitrogens is 2. The van der Waals surface area contributed by atoms with Crippen molar-refractivity contribution in [2.75, 3.05) is 39.4 Å². The summed E-state index contributed by atoms with van der Waals surface area (Å²) in [6.45, 7) is 11.0. The molecule has 0 aromatic carbocycles. The number of hydrogen-bond donors (Lipinski definition) is 1. The lowest BCUT2D eigenvalue weighted by molar-refractivity contribution is 0.156. The van der Waals surface area contributed by atoms with Crippen LogP contribution in [0.25, 0.3) is 0 Å². The second-order valence-electron chi connectivity index (χ2n) is 7.00. The van der Waals surface area contributed by atoms with Crippen LogP contribution in [0.1, 0.15) is 26.7 Å². The maximum atomic E-state index is 5.63. The van der Waals surface area contributed by atoms with E-state index in [1.165, 1.54) is 12.8 Å². The van der Waals surface area contributed by atoms with Gasteiger partial charge >= 0.3 is 0 Å². The Bertz CT molecular complexity index is 507. The number of hydrogen-bond acceptors (Lipinski definition) is 3. The summed E-state index contributed by atoms with van der Waals surface area (Å²) < 4.78 is 7.61. The fraction of sp³-hybridized carbons (Fsp3) is 0.765. The molecular weight excluding hydrogens is 290 g/mol. The molecule has 3 rings (SSSR count). The average Bonchev–Trinajstić information content (AvgIpc) is 3.28. The average molecular weight is 319 g/mol. The highest BCUT2D eigenvalue weighted by molar-refractivity contribution is 5.80. The zero-order valence-electron chi connectivity index (χ0n) is 14.4. The highest BCUT2D eigenvalue weighted by atomic mass is 16.5. The summed E-state index contributed by atoms with van der Waals surface area (Å²) in [5.74, 6) is 1.53. The van der Waals surface area contributed by atoms with Crippen LogP contribution < -0.4 is 5.32 Å². The van der Waals surface area contributed by atoms with Gasteiger partial charge in [-0.15, -0.1) is 0 Å². The molecule has 1 aromatic heterocycles. The zero-order chi connectivity index (χ0) is 16.1. The van der Waals surface area contributed by atoms with E-state index in [0.29, 0.717) is 11.3 Å². The van der Waals surface area contributed by atoms with Crippen molar-refractivity contribution in [3.05, 3.63) is 18.5 Å². The fourth-order valence-electron chi connectivity index (χ4n) is 3.54. The van der Waals surface area contributed by atoms with E-state index in [2.05, 4.69) is 29.2 Å². The van der Waals surface area contributed by atoms with Crippen LogP contribution >= 0.6 is 0 Å². The monoisotopic (exact) mass is 319 g/mol. The largest absolute Gasteiger partial charge is 0.381 e. The molecule has 2 aliphatic heterocycles. The molecule has 1 spiro atoms.